The van der Waals surface area contributed by atoms with E-state index < -0.39 is 6.10 Å². The quantitative estimate of drug-likeness (QED) is 0.779. The molecule has 0 spiro atoms. The smallest absolute Gasteiger partial charge is 0.133 e. The van der Waals surface area contributed by atoms with Crippen LogP contribution in [0.3, 0.4) is 0 Å². The standard InChI is InChI=1S/C18H22BrNO2/c1-13(2)22-18-9-8-14(10-16(18)19)11-20-12-17(21)15-6-4-3-5-7-15/h3-10,13,17,20-21H,11-12H2,1-2H3/t17-/m0/s1. The first-order valence-electron chi connectivity index (χ1n) is 7.45. The zero-order valence-corrected chi connectivity index (χ0v) is 14.5. The Balaban J connectivity index is 1.85. The van der Waals surface area contributed by atoms with Crippen LogP contribution in [-0.2, 0) is 6.54 Å². The maximum Gasteiger partial charge on any atom is 0.133 e. The second-order valence-electron chi connectivity index (χ2n) is 5.49. The molecule has 2 rings (SSSR count). The van der Waals surface area contributed by atoms with E-state index in [0.717, 1.165) is 21.3 Å². The molecule has 0 aliphatic rings. The average molecular weight is 364 g/mol. The first kappa shape index (κ1) is 17.0. The summed E-state index contributed by atoms with van der Waals surface area (Å²) < 4.78 is 6.64. The zero-order chi connectivity index (χ0) is 15.9. The molecule has 0 fully saturated rings. The van der Waals surface area contributed by atoms with Crippen LogP contribution in [-0.4, -0.2) is 17.8 Å². The van der Waals surface area contributed by atoms with Gasteiger partial charge < -0.3 is 15.2 Å². The zero-order valence-electron chi connectivity index (χ0n) is 12.9. The van der Waals surface area contributed by atoms with E-state index in [1.165, 1.54) is 0 Å². The minimum absolute atomic E-state index is 0.154. The molecular formula is C18H22BrNO2. The van der Waals surface area contributed by atoms with Gasteiger partial charge >= 0.3 is 0 Å². The highest BCUT2D eigenvalue weighted by atomic mass is 79.9. The molecule has 0 amide bonds. The van der Waals surface area contributed by atoms with Crippen molar-refractivity contribution in [3.05, 3.63) is 64.1 Å². The van der Waals surface area contributed by atoms with E-state index in [0.29, 0.717) is 13.1 Å². The topological polar surface area (TPSA) is 41.5 Å². The Kier molecular flexibility index (Phi) is 6.43. The molecule has 0 aromatic heterocycles. The summed E-state index contributed by atoms with van der Waals surface area (Å²) in [6, 6.07) is 15.7. The number of aliphatic hydroxyl groups is 1. The highest BCUT2D eigenvalue weighted by Crippen LogP contribution is 2.27. The number of aliphatic hydroxyl groups excluding tert-OH is 1. The van der Waals surface area contributed by atoms with Crippen molar-refractivity contribution in [2.75, 3.05) is 6.54 Å². The largest absolute Gasteiger partial charge is 0.490 e. The van der Waals surface area contributed by atoms with Crippen LogP contribution in [0.1, 0.15) is 31.1 Å². The molecule has 0 saturated heterocycles. The van der Waals surface area contributed by atoms with Gasteiger partial charge in [0.25, 0.3) is 0 Å². The minimum Gasteiger partial charge on any atom is -0.490 e. The van der Waals surface area contributed by atoms with Crippen molar-refractivity contribution in [3.63, 3.8) is 0 Å². The third-order valence-electron chi connectivity index (χ3n) is 3.21. The SMILES string of the molecule is CC(C)Oc1ccc(CNC[C@H](O)c2ccccc2)cc1Br. The molecule has 2 N–H and O–H groups in total. The van der Waals surface area contributed by atoms with Crippen LogP contribution in [0.4, 0.5) is 0 Å². The third-order valence-corrected chi connectivity index (χ3v) is 3.83. The molecular weight excluding hydrogens is 342 g/mol. The Morgan fingerprint density at radius 2 is 1.86 bits per heavy atom. The van der Waals surface area contributed by atoms with E-state index in [1.54, 1.807) is 0 Å². The summed E-state index contributed by atoms with van der Waals surface area (Å²) in [6.45, 7) is 5.23. The van der Waals surface area contributed by atoms with Gasteiger partial charge in [0.15, 0.2) is 0 Å². The molecule has 2 aromatic rings. The van der Waals surface area contributed by atoms with Gasteiger partial charge in [0, 0.05) is 13.1 Å². The van der Waals surface area contributed by atoms with Gasteiger partial charge in [-0.1, -0.05) is 36.4 Å². The fourth-order valence-electron chi connectivity index (χ4n) is 2.15. The van der Waals surface area contributed by atoms with Gasteiger partial charge in [-0.15, -0.1) is 0 Å². The van der Waals surface area contributed by atoms with E-state index in [2.05, 4.69) is 21.2 Å². The van der Waals surface area contributed by atoms with Crippen LogP contribution in [0.15, 0.2) is 53.0 Å². The summed E-state index contributed by atoms with van der Waals surface area (Å²) in [5.41, 5.74) is 2.07. The fourth-order valence-corrected chi connectivity index (χ4v) is 2.67. The van der Waals surface area contributed by atoms with Crippen LogP contribution >= 0.6 is 15.9 Å². The summed E-state index contributed by atoms with van der Waals surface area (Å²) in [7, 11) is 0. The van der Waals surface area contributed by atoms with Gasteiger partial charge in [-0.2, -0.15) is 0 Å². The van der Waals surface area contributed by atoms with E-state index in [1.807, 2.05) is 62.4 Å². The predicted molar refractivity (Wildman–Crippen MR) is 93.0 cm³/mol. The monoisotopic (exact) mass is 363 g/mol. The van der Waals surface area contributed by atoms with Crippen LogP contribution in [0.2, 0.25) is 0 Å². The van der Waals surface area contributed by atoms with Gasteiger partial charge in [0.05, 0.1) is 16.7 Å². The van der Waals surface area contributed by atoms with E-state index in [4.69, 9.17) is 4.74 Å². The first-order chi connectivity index (χ1) is 10.6. The normalized spacial score (nSPS) is 12.4. The molecule has 0 bridgehead atoms. The molecule has 3 nitrogen and oxygen atoms in total. The Hall–Kier alpha value is -1.36. The molecule has 0 heterocycles. The molecule has 4 heteroatoms. The second kappa shape index (κ2) is 8.32. The van der Waals surface area contributed by atoms with Crippen LogP contribution in [0.25, 0.3) is 0 Å². The second-order valence-corrected chi connectivity index (χ2v) is 6.34. The number of nitrogens with one attached hydrogen (secondary N) is 1. The van der Waals surface area contributed by atoms with Gasteiger partial charge in [0.2, 0.25) is 0 Å². The molecule has 0 unspecified atom stereocenters. The number of rotatable bonds is 7. The van der Waals surface area contributed by atoms with Crippen molar-refractivity contribution in [1.82, 2.24) is 5.32 Å². The van der Waals surface area contributed by atoms with Crippen LogP contribution in [0.5, 0.6) is 5.75 Å². The Labute approximate surface area is 140 Å². The molecule has 1 atom stereocenters. The van der Waals surface area contributed by atoms with Gasteiger partial charge in [-0.3, -0.25) is 0 Å². The predicted octanol–water partition coefficient (Wildman–Crippen LogP) is 4.06. The highest BCUT2D eigenvalue weighted by molar-refractivity contribution is 9.10. The van der Waals surface area contributed by atoms with Crippen molar-refractivity contribution in [3.8, 4) is 5.75 Å². The lowest BCUT2D eigenvalue weighted by Crippen LogP contribution is -2.21. The number of hydrogen-bond acceptors (Lipinski definition) is 3. The molecule has 0 radical (unpaired) electrons. The Morgan fingerprint density at radius 1 is 1.14 bits per heavy atom. The van der Waals surface area contributed by atoms with Crippen LogP contribution < -0.4 is 10.1 Å². The van der Waals surface area contributed by atoms with Crippen molar-refractivity contribution in [1.29, 1.82) is 0 Å². The molecule has 118 valence electrons. The minimum atomic E-state index is -0.492. The maximum atomic E-state index is 10.1. The lowest BCUT2D eigenvalue weighted by atomic mass is 10.1. The number of benzene rings is 2. The lowest BCUT2D eigenvalue weighted by Gasteiger charge is -2.14. The lowest BCUT2D eigenvalue weighted by molar-refractivity contribution is 0.174. The molecule has 22 heavy (non-hydrogen) atoms. The fraction of sp³-hybridized carbons (Fsp3) is 0.333. The van der Waals surface area contributed by atoms with Crippen molar-refractivity contribution >= 4 is 15.9 Å². The Bertz CT molecular complexity index is 587. The summed E-state index contributed by atoms with van der Waals surface area (Å²) in [4.78, 5) is 0. The van der Waals surface area contributed by atoms with E-state index >= 15 is 0 Å². The molecule has 2 aromatic carbocycles. The Morgan fingerprint density at radius 3 is 2.50 bits per heavy atom. The highest BCUT2D eigenvalue weighted by Gasteiger charge is 2.07. The number of ether oxygens (including phenoxy) is 1. The maximum absolute atomic E-state index is 10.1. The number of halogens is 1. The number of hydrogen-bond donors (Lipinski definition) is 2. The van der Waals surface area contributed by atoms with Crippen molar-refractivity contribution < 1.29 is 9.84 Å². The summed E-state index contributed by atoms with van der Waals surface area (Å²) in [6.07, 6.45) is -0.338. The molecule has 0 aliphatic heterocycles. The molecule has 0 aliphatic carbocycles. The van der Waals surface area contributed by atoms with Gasteiger partial charge in [0.1, 0.15) is 5.75 Å². The third kappa shape index (κ3) is 5.13. The van der Waals surface area contributed by atoms with Gasteiger partial charge in [-0.25, -0.2) is 0 Å². The summed E-state index contributed by atoms with van der Waals surface area (Å²) in [5.74, 6) is 0.850. The van der Waals surface area contributed by atoms with Crippen LogP contribution in [0, 0.1) is 0 Å². The average Bonchev–Trinajstić information content (AvgIpc) is 2.50. The van der Waals surface area contributed by atoms with Gasteiger partial charge in [-0.05, 0) is 53.0 Å². The van der Waals surface area contributed by atoms with Crippen molar-refractivity contribution in [2.45, 2.75) is 32.6 Å². The van der Waals surface area contributed by atoms with E-state index in [-0.39, 0.29) is 6.10 Å². The van der Waals surface area contributed by atoms with Crippen molar-refractivity contribution in [2.24, 2.45) is 0 Å². The summed E-state index contributed by atoms with van der Waals surface area (Å²) >= 11 is 3.53. The molecule has 0 saturated carbocycles. The van der Waals surface area contributed by atoms with E-state index in [9.17, 15) is 5.11 Å². The first-order valence-corrected chi connectivity index (χ1v) is 8.24. The summed E-state index contributed by atoms with van der Waals surface area (Å²) in [5, 5.41) is 13.4.